The van der Waals surface area contributed by atoms with Crippen molar-refractivity contribution in [1.29, 1.82) is 5.41 Å². The number of aliphatic hydroxyl groups excluding tert-OH is 1. The van der Waals surface area contributed by atoms with Gasteiger partial charge >= 0.3 is 0 Å². The average Bonchev–Trinajstić information content (AvgIpc) is 3.11. The number of carbonyl (C=O) groups is 1. The van der Waals surface area contributed by atoms with Gasteiger partial charge in [-0.25, -0.2) is 13.9 Å². The van der Waals surface area contributed by atoms with Crippen LogP contribution in [0.4, 0.5) is 9.57 Å². The molecule has 29 heavy (non-hydrogen) atoms. The van der Waals surface area contributed by atoms with Gasteiger partial charge in [-0.3, -0.25) is 10.2 Å². The molecule has 2 heterocycles. The van der Waals surface area contributed by atoms with Crippen molar-refractivity contribution in [2.24, 2.45) is 0 Å². The third-order valence-electron chi connectivity index (χ3n) is 4.21. The van der Waals surface area contributed by atoms with Crippen molar-refractivity contribution < 1.29 is 13.8 Å². The molecular formula is C18H18ClFN6O2S. The number of rotatable bonds is 7. The Labute approximate surface area is 175 Å². The van der Waals surface area contributed by atoms with Crippen LogP contribution in [0.25, 0.3) is 11.2 Å². The first kappa shape index (κ1) is 21.0. The van der Waals surface area contributed by atoms with Gasteiger partial charge in [0.1, 0.15) is 11.2 Å². The van der Waals surface area contributed by atoms with Crippen LogP contribution in [0.15, 0.2) is 30.6 Å². The van der Waals surface area contributed by atoms with Crippen LogP contribution in [-0.2, 0) is 0 Å². The van der Waals surface area contributed by atoms with Gasteiger partial charge in [0.15, 0.2) is 18.0 Å². The minimum absolute atomic E-state index is 0.0659. The van der Waals surface area contributed by atoms with Gasteiger partial charge in [-0.2, -0.15) is 0 Å². The molecule has 0 aliphatic rings. The Morgan fingerprint density at radius 2 is 2.21 bits per heavy atom. The molecule has 3 rings (SSSR count). The summed E-state index contributed by atoms with van der Waals surface area (Å²) in [6.45, 7) is 1.39. The van der Waals surface area contributed by atoms with Crippen molar-refractivity contribution in [1.82, 2.24) is 19.3 Å². The second kappa shape index (κ2) is 8.76. The van der Waals surface area contributed by atoms with Gasteiger partial charge in [-0.1, -0.05) is 11.6 Å². The number of amides is 1. The fourth-order valence-corrected chi connectivity index (χ4v) is 3.25. The summed E-state index contributed by atoms with van der Waals surface area (Å²) in [7, 11) is 1.71. The second-order valence-electron chi connectivity index (χ2n) is 6.24. The lowest BCUT2D eigenvalue weighted by atomic mass is 10.1. The molecule has 0 saturated carbocycles. The molecule has 8 nitrogen and oxygen atoms in total. The van der Waals surface area contributed by atoms with Gasteiger partial charge in [-0.15, -0.1) is 3.89 Å². The number of nitrogens with one attached hydrogen (secondary N) is 3. The third kappa shape index (κ3) is 4.19. The minimum Gasteiger partial charge on any atom is -0.394 e. The zero-order valence-electron chi connectivity index (χ0n) is 15.5. The number of anilines is 1. The van der Waals surface area contributed by atoms with Crippen LogP contribution in [-0.4, -0.2) is 50.4 Å². The largest absolute Gasteiger partial charge is 0.394 e. The minimum atomic E-state index is -0.523. The highest BCUT2D eigenvalue weighted by Gasteiger charge is 2.21. The molecule has 0 spiro atoms. The van der Waals surface area contributed by atoms with Crippen molar-refractivity contribution in [3.63, 3.8) is 0 Å². The van der Waals surface area contributed by atoms with Crippen molar-refractivity contribution in [2.75, 3.05) is 19.0 Å². The van der Waals surface area contributed by atoms with E-state index in [-0.39, 0.29) is 47.1 Å². The lowest BCUT2D eigenvalue weighted by Crippen LogP contribution is -2.35. The molecule has 0 saturated heterocycles. The van der Waals surface area contributed by atoms with Crippen LogP contribution in [0, 0.1) is 5.41 Å². The highest BCUT2D eigenvalue weighted by molar-refractivity contribution is 7.92. The summed E-state index contributed by atoms with van der Waals surface area (Å²) in [5, 5.41) is 23.8. The molecule has 1 aromatic carbocycles. The summed E-state index contributed by atoms with van der Waals surface area (Å²) in [6, 6.07) is 4.54. The van der Waals surface area contributed by atoms with E-state index in [0.717, 1.165) is 3.97 Å². The number of fused-ring (bicyclic) bond motifs is 1. The van der Waals surface area contributed by atoms with Crippen LogP contribution >= 0.6 is 23.9 Å². The standard InChI is InChI=1S/C18H18ClFN6O2S/c1-9(8-27)24-18(28)12-7-26(29-20)17-16(12)25-14(6-23-17)15(21)11-4-3-10(19)5-13(11)22-2/h3-7,9,21-22,27H,8H2,1-2H3,(H,24,28). The smallest absolute Gasteiger partial charge is 0.255 e. The highest BCUT2D eigenvalue weighted by atomic mass is 35.5. The van der Waals surface area contributed by atoms with E-state index in [1.807, 2.05) is 0 Å². The summed E-state index contributed by atoms with van der Waals surface area (Å²) in [5.74, 6) is -0.523. The fraction of sp³-hybridized carbons (Fsp3) is 0.222. The van der Waals surface area contributed by atoms with Gasteiger partial charge in [0.25, 0.3) is 5.91 Å². The fourth-order valence-electron chi connectivity index (χ4n) is 2.73. The normalized spacial score (nSPS) is 12.0. The van der Waals surface area contributed by atoms with E-state index in [9.17, 15) is 8.68 Å². The van der Waals surface area contributed by atoms with E-state index in [0.29, 0.717) is 16.3 Å². The molecule has 0 aliphatic carbocycles. The first-order valence-corrected chi connectivity index (χ1v) is 9.60. The molecular weight excluding hydrogens is 419 g/mol. The summed E-state index contributed by atoms with van der Waals surface area (Å²) in [5.41, 5.74) is 1.86. The summed E-state index contributed by atoms with van der Waals surface area (Å²) < 4.78 is 14.4. The lowest BCUT2D eigenvalue weighted by molar-refractivity contribution is 0.0924. The maximum Gasteiger partial charge on any atom is 0.255 e. The van der Waals surface area contributed by atoms with Crippen molar-refractivity contribution in [2.45, 2.75) is 13.0 Å². The topological polar surface area (TPSA) is 116 Å². The van der Waals surface area contributed by atoms with Gasteiger partial charge in [0.2, 0.25) is 0 Å². The summed E-state index contributed by atoms with van der Waals surface area (Å²) >= 11 is 5.90. The number of nitrogens with zero attached hydrogens (tertiary/aromatic N) is 3. The zero-order valence-corrected chi connectivity index (χ0v) is 17.1. The molecule has 0 bridgehead atoms. The molecule has 1 unspecified atom stereocenters. The first-order chi connectivity index (χ1) is 13.9. The number of carbonyl (C=O) groups excluding carboxylic acids is 1. The Bertz CT molecular complexity index is 1090. The summed E-state index contributed by atoms with van der Waals surface area (Å²) in [6.07, 6.45) is 2.63. The number of hydrogen-bond acceptors (Lipinski definition) is 7. The van der Waals surface area contributed by atoms with Gasteiger partial charge in [0.05, 0.1) is 24.1 Å². The molecule has 11 heteroatoms. The molecule has 0 fully saturated rings. The average molecular weight is 437 g/mol. The molecule has 152 valence electrons. The predicted octanol–water partition coefficient (Wildman–Crippen LogP) is 3.03. The van der Waals surface area contributed by atoms with E-state index in [4.69, 9.17) is 22.1 Å². The molecule has 4 N–H and O–H groups in total. The maximum absolute atomic E-state index is 13.3. The highest BCUT2D eigenvalue weighted by Crippen LogP contribution is 2.26. The summed E-state index contributed by atoms with van der Waals surface area (Å²) in [4.78, 5) is 21.1. The quantitative estimate of drug-likeness (QED) is 0.423. The Morgan fingerprint density at radius 3 is 2.86 bits per heavy atom. The Morgan fingerprint density at radius 1 is 1.45 bits per heavy atom. The lowest BCUT2D eigenvalue weighted by Gasteiger charge is -2.11. The van der Waals surface area contributed by atoms with Crippen molar-refractivity contribution in [3.8, 4) is 0 Å². The van der Waals surface area contributed by atoms with E-state index < -0.39 is 11.9 Å². The second-order valence-corrected chi connectivity index (χ2v) is 7.20. The van der Waals surface area contributed by atoms with Crippen LogP contribution in [0.2, 0.25) is 5.02 Å². The van der Waals surface area contributed by atoms with E-state index >= 15 is 0 Å². The first-order valence-electron chi connectivity index (χ1n) is 8.55. The maximum atomic E-state index is 13.3. The van der Waals surface area contributed by atoms with Gasteiger partial charge in [0, 0.05) is 35.6 Å². The van der Waals surface area contributed by atoms with Crippen molar-refractivity contribution in [3.05, 3.63) is 52.4 Å². The van der Waals surface area contributed by atoms with E-state index in [1.165, 1.54) is 12.4 Å². The molecule has 1 amide bonds. The van der Waals surface area contributed by atoms with E-state index in [2.05, 4.69) is 20.6 Å². The number of aliphatic hydroxyl groups is 1. The zero-order chi connectivity index (χ0) is 21.1. The van der Waals surface area contributed by atoms with Crippen LogP contribution < -0.4 is 10.6 Å². The predicted molar refractivity (Wildman–Crippen MR) is 113 cm³/mol. The van der Waals surface area contributed by atoms with Gasteiger partial charge < -0.3 is 15.7 Å². The Hall–Kier alpha value is -2.69. The SMILES string of the molecule is CNc1cc(Cl)ccc1C(=N)c1cnc2c(n1)c(C(=O)NC(C)CO)cn2SF. The molecule has 0 aliphatic heterocycles. The van der Waals surface area contributed by atoms with Crippen LogP contribution in [0.3, 0.4) is 0 Å². The monoisotopic (exact) mass is 436 g/mol. The number of halogens is 2. The Balaban J connectivity index is 2.08. The number of hydrogen-bond donors (Lipinski definition) is 4. The molecule has 3 aromatic rings. The van der Waals surface area contributed by atoms with E-state index in [1.54, 1.807) is 32.2 Å². The molecule has 1 atom stereocenters. The Kier molecular flexibility index (Phi) is 6.36. The molecule has 0 radical (unpaired) electrons. The van der Waals surface area contributed by atoms with Gasteiger partial charge in [-0.05, 0) is 25.1 Å². The number of benzene rings is 1. The van der Waals surface area contributed by atoms with Crippen LogP contribution in [0.5, 0.6) is 0 Å². The van der Waals surface area contributed by atoms with Crippen molar-refractivity contribution >= 4 is 52.4 Å². The van der Waals surface area contributed by atoms with Crippen LogP contribution in [0.1, 0.15) is 28.5 Å². The molecule has 2 aromatic heterocycles. The third-order valence-corrected chi connectivity index (χ3v) is 4.87. The number of aromatic nitrogens is 3.